The lowest BCUT2D eigenvalue weighted by atomic mass is 10.0. The summed E-state index contributed by atoms with van der Waals surface area (Å²) in [5.74, 6) is -1.73. The van der Waals surface area contributed by atoms with E-state index in [9.17, 15) is 18.4 Å². The van der Waals surface area contributed by atoms with Crippen molar-refractivity contribution in [1.29, 1.82) is 0 Å². The van der Waals surface area contributed by atoms with E-state index in [2.05, 4.69) is 61.3 Å². The number of aromatic amines is 1. The molecule has 6 rings (SSSR count). The second kappa shape index (κ2) is 14.7. The fourth-order valence-corrected chi connectivity index (χ4v) is 5.92. The Kier molecular flexibility index (Phi) is 10.0. The number of halogens is 2. The third-order valence-corrected chi connectivity index (χ3v) is 8.81. The lowest BCUT2D eigenvalue weighted by molar-refractivity contribution is 0.0760. The van der Waals surface area contributed by atoms with Crippen molar-refractivity contribution in [2.45, 2.75) is 32.4 Å². The van der Waals surface area contributed by atoms with Crippen LogP contribution in [0.15, 0.2) is 83.9 Å². The fourth-order valence-electron chi connectivity index (χ4n) is 5.92. The second-order valence-electron chi connectivity index (χ2n) is 12.4. The standard InChI is InChI=1S/C37H38F2N8O2/c1-24-40-22-31(35(48)42-24)36(49)47(23-26-6-12-32(38)33(39)20-26)16-4-5-25-7-13-34-27(19-25)21-41-37(44-34)43-28-8-10-29(11-9-28)46(3)30-14-17-45(2)18-15-30/h4-13,19-22,30H,14-18,23H2,1-3H3,(H,40,42,48)(H,41,43,44)/b5-4+. The smallest absolute Gasteiger partial charge is 0.263 e. The number of aromatic nitrogens is 4. The molecule has 5 aromatic rings. The number of hydrogen-bond acceptors (Lipinski definition) is 8. The molecule has 10 nitrogen and oxygen atoms in total. The number of nitrogens with zero attached hydrogens (tertiary/aromatic N) is 6. The molecule has 2 aromatic heterocycles. The lowest BCUT2D eigenvalue weighted by Crippen LogP contribution is -2.41. The average Bonchev–Trinajstić information content (AvgIpc) is 3.09. The van der Waals surface area contributed by atoms with Crippen molar-refractivity contribution < 1.29 is 13.6 Å². The van der Waals surface area contributed by atoms with Gasteiger partial charge < -0.3 is 25.0 Å². The Morgan fingerprint density at radius 3 is 2.53 bits per heavy atom. The van der Waals surface area contributed by atoms with Crippen molar-refractivity contribution in [3.63, 3.8) is 0 Å². The number of nitrogens with one attached hydrogen (secondary N) is 2. The average molecular weight is 665 g/mol. The first-order valence-corrected chi connectivity index (χ1v) is 16.1. The summed E-state index contributed by atoms with van der Waals surface area (Å²) in [6.07, 6.45) is 8.87. The van der Waals surface area contributed by atoms with Gasteiger partial charge >= 0.3 is 0 Å². The predicted molar refractivity (Wildman–Crippen MR) is 188 cm³/mol. The highest BCUT2D eigenvalue weighted by atomic mass is 19.2. The quantitative estimate of drug-likeness (QED) is 0.189. The summed E-state index contributed by atoms with van der Waals surface area (Å²) in [7, 11) is 4.33. The number of anilines is 3. The number of piperidine rings is 1. The summed E-state index contributed by atoms with van der Waals surface area (Å²) in [4.78, 5) is 47.7. The van der Waals surface area contributed by atoms with Crippen molar-refractivity contribution in [2.24, 2.45) is 0 Å². The molecule has 0 atom stereocenters. The maximum atomic E-state index is 13.9. The molecular weight excluding hydrogens is 626 g/mol. The van der Waals surface area contributed by atoms with Gasteiger partial charge in [-0.05, 0) is 99.6 Å². The molecule has 1 aliphatic rings. The molecule has 0 saturated carbocycles. The van der Waals surface area contributed by atoms with E-state index in [1.54, 1.807) is 19.2 Å². The van der Waals surface area contributed by atoms with Crippen molar-refractivity contribution >= 4 is 40.2 Å². The van der Waals surface area contributed by atoms with Gasteiger partial charge in [-0.25, -0.2) is 23.7 Å². The molecule has 0 radical (unpaired) electrons. The lowest BCUT2D eigenvalue weighted by Gasteiger charge is -2.36. The van der Waals surface area contributed by atoms with Crippen LogP contribution in [0.5, 0.6) is 0 Å². The fraction of sp³-hybridized carbons (Fsp3) is 0.270. The Balaban J connectivity index is 1.13. The van der Waals surface area contributed by atoms with Crippen LogP contribution < -0.4 is 15.8 Å². The van der Waals surface area contributed by atoms with Gasteiger partial charge in [0.1, 0.15) is 11.4 Å². The van der Waals surface area contributed by atoms with Crippen molar-refractivity contribution in [3.8, 4) is 0 Å². The zero-order valence-electron chi connectivity index (χ0n) is 27.7. The van der Waals surface area contributed by atoms with Crippen LogP contribution >= 0.6 is 0 Å². The van der Waals surface area contributed by atoms with Gasteiger partial charge in [0.15, 0.2) is 11.6 Å². The van der Waals surface area contributed by atoms with Gasteiger partial charge in [-0.2, -0.15) is 0 Å². The summed E-state index contributed by atoms with van der Waals surface area (Å²) in [5.41, 5.74) is 3.33. The largest absolute Gasteiger partial charge is 0.372 e. The number of likely N-dealkylation sites (tertiary alicyclic amines) is 1. The summed E-state index contributed by atoms with van der Waals surface area (Å²) < 4.78 is 27.5. The third kappa shape index (κ3) is 8.15. The van der Waals surface area contributed by atoms with Gasteiger partial charge in [-0.1, -0.05) is 24.3 Å². The second-order valence-corrected chi connectivity index (χ2v) is 12.4. The number of rotatable bonds is 10. The maximum Gasteiger partial charge on any atom is 0.263 e. The van der Waals surface area contributed by atoms with Crippen LogP contribution in [-0.2, 0) is 6.54 Å². The van der Waals surface area contributed by atoms with Crippen molar-refractivity contribution in [2.75, 3.05) is 43.9 Å². The van der Waals surface area contributed by atoms with Crippen LogP contribution in [0.1, 0.15) is 40.2 Å². The molecule has 0 unspecified atom stereocenters. The molecule has 1 amide bonds. The molecule has 1 fully saturated rings. The van der Waals surface area contributed by atoms with Crippen molar-refractivity contribution in [3.05, 3.63) is 124 Å². The van der Waals surface area contributed by atoms with E-state index in [0.717, 1.165) is 60.2 Å². The summed E-state index contributed by atoms with van der Waals surface area (Å²) >= 11 is 0. The van der Waals surface area contributed by atoms with Crippen LogP contribution in [-0.4, -0.2) is 75.4 Å². The van der Waals surface area contributed by atoms with E-state index < -0.39 is 23.1 Å². The van der Waals surface area contributed by atoms with Gasteiger partial charge in [0.25, 0.3) is 11.5 Å². The molecule has 1 aliphatic heterocycles. The first-order valence-electron chi connectivity index (χ1n) is 16.1. The minimum absolute atomic E-state index is 0.0488. The van der Waals surface area contributed by atoms with Crippen molar-refractivity contribution in [1.82, 2.24) is 29.7 Å². The third-order valence-electron chi connectivity index (χ3n) is 8.81. The van der Waals surface area contributed by atoms with E-state index in [4.69, 9.17) is 0 Å². The highest BCUT2D eigenvalue weighted by molar-refractivity contribution is 5.93. The van der Waals surface area contributed by atoms with Crippen LogP contribution in [0.25, 0.3) is 17.0 Å². The highest BCUT2D eigenvalue weighted by Crippen LogP contribution is 2.25. The molecule has 3 heterocycles. The number of benzene rings is 3. The predicted octanol–water partition coefficient (Wildman–Crippen LogP) is 5.93. The maximum absolute atomic E-state index is 13.9. The highest BCUT2D eigenvalue weighted by Gasteiger charge is 2.21. The number of hydrogen-bond donors (Lipinski definition) is 2. The first-order chi connectivity index (χ1) is 23.6. The van der Waals surface area contributed by atoms with Gasteiger partial charge in [0.2, 0.25) is 5.95 Å². The zero-order chi connectivity index (χ0) is 34.5. The monoisotopic (exact) mass is 664 g/mol. The normalized spacial score (nSPS) is 14.0. The van der Waals surface area contributed by atoms with Crippen LogP contribution in [0.3, 0.4) is 0 Å². The first kappa shape index (κ1) is 33.4. The minimum Gasteiger partial charge on any atom is -0.372 e. The molecule has 0 spiro atoms. The summed E-state index contributed by atoms with van der Waals surface area (Å²) in [5, 5.41) is 4.12. The topological polar surface area (TPSA) is 110 Å². The number of amides is 1. The van der Waals surface area contributed by atoms with E-state index in [1.165, 1.54) is 22.9 Å². The molecule has 49 heavy (non-hydrogen) atoms. The Labute approximate surface area is 283 Å². The van der Waals surface area contributed by atoms with Gasteiger partial charge in [0.05, 0.1) is 5.52 Å². The molecule has 0 aliphatic carbocycles. The number of fused-ring (bicyclic) bond motifs is 1. The number of carbonyl (C=O) groups excluding carboxylic acids is 1. The SMILES string of the molecule is Cc1ncc(C(=O)N(C/C=C/c2ccc3nc(Nc4ccc(N(C)C5CCN(C)CC5)cc4)ncc3c2)Cc2ccc(F)c(F)c2)c(=O)[nH]1. The molecule has 0 bridgehead atoms. The Hall–Kier alpha value is -5.49. The van der Waals surface area contributed by atoms with Gasteiger partial charge in [0, 0.05) is 55.3 Å². The molecule has 252 valence electrons. The minimum atomic E-state index is -1.02. The van der Waals surface area contributed by atoms with E-state index in [1.807, 2.05) is 36.4 Å². The van der Waals surface area contributed by atoms with Crippen LogP contribution in [0.2, 0.25) is 0 Å². The van der Waals surface area contributed by atoms with Gasteiger partial charge in [-0.3, -0.25) is 9.59 Å². The van der Waals surface area contributed by atoms with E-state index in [-0.39, 0.29) is 18.7 Å². The summed E-state index contributed by atoms with van der Waals surface area (Å²) in [6.45, 7) is 3.88. The van der Waals surface area contributed by atoms with Crippen LogP contribution in [0.4, 0.5) is 26.1 Å². The molecule has 3 aromatic carbocycles. The Morgan fingerprint density at radius 2 is 1.80 bits per heavy atom. The Bertz CT molecular complexity index is 2040. The molecular formula is C37H38F2N8O2. The van der Waals surface area contributed by atoms with E-state index in [0.29, 0.717) is 23.4 Å². The van der Waals surface area contributed by atoms with E-state index >= 15 is 0 Å². The van der Waals surface area contributed by atoms with Gasteiger partial charge in [-0.15, -0.1) is 0 Å². The molecule has 12 heteroatoms. The van der Waals surface area contributed by atoms with Crippen LogP contribution in [0, 0.1) is 18.6 Å². The number of H-pyrrole nitrogens is 1. The summed E-state index contributed by atoms with van der Waals surface area (Å²) in [6, 6.07) is 18.0. The molecule has 1 saturated heterocycles. The molecule has 2 N–H and O–H groups in total. The number of aryl methyl sites for hydroxylation is 1. The Morgan fingerprint density at radius 1 is 1.02 bits per heavy atom. The zero-order valence-corrected chi connectivity index (χ0v) is 27.7. The number of carbonyl (C=O) groups is 1.